The molecule has 1 unspecified atom stereocenters. The van der Waals surface area contributed by atoms with E-state index in [-0.39, 0.29) is 12.1 Å². The molecule has 1 fully saturated rings. The van der Waals surface area contributed by atoms with Crippen LogP contribution in [0.5, 0.6) is 11.5 Å². The van der Waals surface area contributed by atoms with Crippen LogP contribution in [0.15, 0.2) is 18.2 Å². The maximum Gasteiger partial charge on any atom is 0.173 e. The Morgan fingerprint density at radius 3 is 2.41 bits per heavy atom. The first-order valence-electron chi connectivity index (χ1n) is 9.55. The molecule has 8 nitrogen and oxygen atoms in total. The van der Waals surface area contributed by atoms with Crippen LogP contribution in [0.25, 0.3) is 0 Å². The topological polar surface area (TPSA) is 68.5 Å². The number of tetrazole rings is 1. The van der Waals surface area contributed by atoms with Crippen molar-refractivity contribution in [3.63, 3.8) is 0 Å². The van der Waals surface area contributed by atoms with Crippen LogP contribution in [0.2, 0.25) is 0 Å². The molecule has 0 bridgehead atoms. The summed E-state index contributed by atoms with van der Waals surface area (Å²) >= 11 is 0. The molecule has 0 radical (unpaired) electrons. The fourth-order valence-corrected chi connectivity index (χ4v) is 3.64. The van der Waals surface area contributed by atoms with Crippen LogP contribution >= 0.6 is 0 Å². The summed E-state index contributed by atoms with van der Waals surface area (Å²) < 4.78 is 13.1. The van der Waals surface area contributed by atoms with E-state index in [2.05, 4.69) is 46.1 Å². The molecule has 0 N–H and O–H groups in total. The molecule has 1 aromatic heterocycles. The van der Waals surface area contributed by atoms with E-state index in [9.17, 15) is 0 Å². The summed E-state index contributed by atoms with van der Waals surface area (Å²) in [6.45, 7) is 11.4. The van der Waals surface area contributed by atoms with Gasteiger partial charge in [0.1, 0.15) is 17.5 Å². The Hall–Kier alpha value is -2.19. The fourth-order valence-electron chi connectivity index (χ4n) is 3.64. The Morgan fingerprint density at radius 2 is 1.81 bits per heavy atom. The lowest BCUT2D eigenvalue weighted by Gasteiger charge is -2.39. The average Bonchev–Trinajstić information content (AvgIpc) is 3.18. The van der Waals surface area contributed by atoms with Crippen molar-refractivity contribution in [3.05, 3.63) is 29.6 Å². The highest BCUT2D eigenvalue weighted by molar-refractivity contribution is 5.44. The van der Waals surface area contributed by atoms with Crippen LogP contribution in [0.4, 0.5) is 0 Å². The average molecular weight is 374 g/mol. The molecule has 1 saturated heterocycles. The van der Waals surface area contributed by atoms with Crippen LogP contribution in [0.1, 0.15) is 44.2 Å². The highest BCUT2D eigenvalue weighted by Crippen LogP contribution is 2.37. The minimum absolute atomic E-state index is 0.0912. The Morgan fingerprint density at radius 1 is 1.07 bits per heavy atom. The molecule has 8 heteroatoms. The smallest absolute Gasteiger partial charge is 0.173 e. The lowest BCUT2D eigenvalue weighted by Crippen LogP contribution is -2.48. The number of ether oxygens (including phenoxy) is 2. The van der Waals surface area contributed by atoms with Crippen LogP contribution in [0, 0.1) is 0 Å². The van der Waals surface area contributed by atoms with Crippen LogP contribution in [-0.2, 0) is 0 Å². The van der Waals surface area contributed by atoms with Gasteiger partial charge in [-0.1, -0.05) is 6.92 Å². The zero-order chi connectivity index (χ0) is 19.4. The monoisotopic (exact) mass is 374 g/mol. The van der Waals surface area contributed by atoms with E-state index in [4.69, 9.17) is 9.47 Å². The molecular formula is C19H30N6O2. The minimum atomic E-state index is -0.0912. The van der Waals surface area contributed by atoms with Crippen molar-refractivity contribution in [2.24, 2.45) is 0 Å². The van der Waals surface area contributed by atoms with Gasteiger partial charge >= 0.3 is 0 Å². The van der Waals surface area contributed by atoms with Gasteiger partial charge in [0, 0.05) is 31.7 Å². The van der Waals surface area contributed by atoms with Gasteiger partial charge in [-0.2, -0.15) is 0 Å². The lowest BCUT2D eigenvalue weighted by atomic mass is 10.0. The van der Waals surface area contributed by atoms with Gasteiger partial charge in [-0.3, -0.25) is 4.90 Å². The summed E-state index contributed by atoms with van der Waals surface area (Å²) in [5, 5.41) is 12.6. The number of methoxy groups -OCH3 is 2. The fraction of sp³-hybridized carbons (Fsp3) is 0.632. The molecule has 1 aromatic carbocycles. The summed E-state index contributed by atoms with van der Waals surface area (Å²) in [5.41, 5.74) is 1.03. The quantitative estimate of drug-likeness (QED) is 0.734. The second-order valence-electron chi connectivity index (χ2n) is 7.06. The first-order valence-corrected chi connectivity index (χ1v) is 9.55. The molecule has 27 heavy (non-hydrogen) atoms. The molecule has 1 aliphatic heterocycles. The van der Waals surface area contributed by atoms with Gasteiger partial charge in [-0.25, -0.2) is 4.68 Å². The third-order valence-corrected chi connectivity index (χ3v) is 5.20. The summed E-state index contributed by atoms with van der Waals surface area (Å²) in [7, 11) is 3.38. The molecule has 1 atom stereocenters. The van der Waals surface area contributed by atoms with E-state index in [0.29, 0.717) is 0 Å². The van der Waals surface area contributed by atoms with Crippen molar-refractivity contribution >= 4 is 0 Å². The molecule has 3 rings (SSSR count). The lowest BCUT2D eigenvalue weighted by molar-refractivity contribution is 0.107. The zero-order valence-electron chi connectivity index (χ0n) is 16.9. The third-order valence-electron chi connectivity index (χ3n) is 5.20. The maximum atomic E-state index is 5.69. The number of piperazine rings is 1. The van der Waals surface area contributed by atoms with Crippen molar-refractivity contribution in [2.45, 2.75) is 32.9 Å². The second kappa shape index (κ2) is 8.67. The number of nitrogens with zero attached hydrogens (tertiary/aromatic N) is 6. The van der Waals surface area contributed by atoms with Gasteiger partial charge in [0.05, 0.1) is 20.3 Å². The summed E-state index contributed by atoms with van der Waals surface area (Å²) in [6.07, 6.45) is 0. The van der Waals surface area contributed by atoms with Crippen molar-refractivity contribution < 1.29 is 9.47 Å². The number of hydrogen-bond acceptors (Lipinski definition) is 7. The summed E-state index contributed by atoms with van der Waals surface area (Å²) in [6, 6.07) is 5.99. The van der Waals surface area contributed by atoms with Gasteiger partial charge in [-0.05, 0) is 49.0 Å². The van der Waals surface area contributed by atoms with E-state index in [1.807, 2.05) is 22.9 Å². The number of aromatic nitrogens is 4. The van der Waals surface area contributed by atoms with Crippen molar-refractivity contribution in [1.29, 1.82) is 0 Å². The van der Waals surface area contributed by atoms with Crippen molar-refractivity contribution in [2.75, 3.05) is 46.9 Å². The Kier molecular flexibility index (Phi) is 6.28. The normalized spacial score (nSPS) is 17.3. The first kappa shape index (κ1) is 19.6. The zero-order valence-corrected chi connectivity index (χ0v) is 16.9. The highest BCUT2D eigenvalue weighted by Gasteiger charge is 2.33. The molecule has 1 aliphatic rings. The van der Waals surface area contributed by atoms with Crippen LogP contribution in [-0.4, -0.2) is 77.0 Å². The largest absolute Gasteiger partial charge is 0.497 e. The molecule has 0 saturated carbocycles. The predicted octanol–water partition coefficient (Wildman–Crippen LogP) is 2.00. The van der Waals surface area contributed by atoms with Crippen molar-refractivity contribution in [1.82, 2.24) is 30.0 Å². The number of hydrogen-bond donors (Lipinski definition) is 0. The van der Waals surface area contributed by atoms with E-state index in [1.54, 1.807) is 14.2 Å². The molecule has 0 aliphatic carbocycles. The standard InChI is InChI=1S/C19H30N6O2/c1-6-23-9-11-24(12-10-23)18(19-20-21-22-25(19)14(2)3)16-13-15(26-4)7-8-17(16)27-5/h7-8,13-14,18H,6,9-12H2,1-5H3. The third kappa shape index (κ3) is 4.06. The van der Waals surface area contributed by atoms with E-state index < -0.39 is 0 Å². The maximum absolute atomic E-state index is 5.69. The van der Waals surface area contributed by atoms with E-state index in [1.165, 1.54) is 0 Å². The van der Waals surface area contributed by atoms with Gasteiger partial charge in [0.15, 0.2) is 5.82 Å². The van der Waals surface area contributed by atoms with Gasteiger partial charge < -0.3 is 14.4 Å². The first-order chi connectivity index (χ1) is 13.1. The summed E-state index contributed by atoms with van der Waals surface area (Å²) in [5.74, 6) is 2.45. The van der Waals surface area contributed by atoms with Gasteiger partial charge in [0.25, 0.3) is 0 Å². The number of benzene rings is 1. The molecule has 0 spiro atoms. The Bertz CT molecular complexity index is 740. The molecule has 2 aromatic rings. The molecule has 148 valence electrons. The van der Waals surface area contributed by atoms with Gasteiger partial charge in [0.2, 0.25) is 0 Å². The van der Waals surface area contributed by atoms with Crippen LogP contribution in [0.3, 0.4) is 0 Å². The minimum Gasteiger partial charge on any atom is -0.497 e. The van der Waals surface area contributed by atoms with Crippen LogP contribution < -0.4 is 9.47 Å². The Labute approximate surface area is 161 Å². The number of likely N-dealkylation sites (N-methyl/N-ethyl adjacent to an activating group) is 1. The van der Waals surface area contributed by atoms with Crippen molar-refractivity contribution in [3.8, 4) is 11.5 Å². The molecule has 0 amide bonds. The Balaban J connectivity index is 2.07. The van der Waals surface area contributed by atoms with Gasteiger partial charge in [-0.15, -0.1) is 5.10 Å². The predicted molar refractivity (Wildman–Crippen MR) is 103 cm³/mol. The molecule has 2 heterocycles. The summed E-state index contributed by atoms with van der Waals surface area (Å²) in [4.78, 5) is 4.90. The molecular weight excluding hydrogens is 344 g/mol. The second-order valence-corrected chi connectivity index (χ2v) is 7.06. The highest BCUT2D eigenvalue weighted by atomic mass is 16.5. The van der Waals surface area contributed by atoms with E-state index >= 15 is 0 Å². The SMILES string of the molecule is CCN1CCN(C(c2cc(OC)ccc2OC)c2nnnn2C(C)C)CC1. The van der Waals surface area contributed by atoms with E-state index in [0.717, 1.165) is 55.6 Å². The number of rotatable bonds is 7.